The minimum atomic E-state index is -0.443. The predicted octanol–water partition coefficient (Wildman–Crippen LogP) is 3.97. The number of halogens is 3. The number of carbonyl (C=O) groups excluding carboxylic acids is 1. The van der Waals surface area contributed by atoms with Gasteiger partial charge in [0.2, 0.25) is 5.91 Å². The van der Waals surface area contributed by atoms with Crippen LogP contribution in [-0.2, 0) is 4.79 Å². The normalized spacial score (nSPS) is 22.2. The number of hydrogen-bond acceptors (Lipinski definition) is 4. The Labute approximate surface area is 173 Å². The second-order valence-corrected chi connectivity index (χ2v) is 7.50. The number of hydrogen-bond donors (Lipinski definition) is 2. The van der Waals surface area contributed by atoms with Crippen molar-refractivity contribution < 1.29 is 9.53 Å². The lowest BCUT2D eigenvalue weighted by Gasteiger charge is -2.37. The lowest BCUT2D eigenvalue weighted by Crippen LogP contribution is -2.51. The molecule has 1 fully saturated rings. The molecule has 3 N–H and O–H groups in total. The number of nitrogens with two attached hydrogens (primary N) is 1. The molecule has 2 atom stereocenters. The summed E-state index contributed by atoms with van der Waals surface area (Å²) >= 11 is 6.26. The highest BCUT2D eigenvalue weighted by molar-refractivity contribution is 6.32. The summed E-state index contributed by atoms with van der Waals surface area (Å²) in [6.45, 7) is 3.34. The zero-order valence-corrected chi connectivity index (χ0v) is 18.0. The summed E-state index contributed by atoms with van der Waals surface area (Å²) in [5.41, 5.74) is 6.53. The molecule has 8 heteroatoms. The van der Waals surface area contributed by atoms with Gasteiger partial charge in [-0.25, -0.2) is 0 Å². The van der Waals surface area contributed by atoms with Gasteiger partial charge in [0, 0.05) is 17.8 Å². The Hall–Kier alpha value is -0.720. The molecule has 0 aliphatic heterocycles. The van der Waals surface area contributed by atoms with E-state index in [-0.39, 0.29) is 36.6 Å². The number of nitrogens with one attached hydrogen (secondary N) is 1. The van der Waals surface area contributed by atoms with Gasteiger partial charge in [0.25, 0.3) is 0 Å². The van der Waals surface area contributed by atoms with Gasteiger partial charge in [0.05, 0.1) is 10.9 Å². The minimum Gasteiger partial charge on any atom is -0.491 e. The third-order valence-electron chi connectivity index (χ3n) is 4.57. The number of amides is 1. The average molecular weight is 427 g/mol. The molecular formula is C18H30Cl3N3O2. The highest BCUT2D eigenvalue weighted by atomic mass is 35.5. The van der Waals surface area contributed by atoms with Crippen LogP contribution >= 0.6 is 36.4 Å². The van der Waals surface area contributed by atoms with E-state index in [0.717, 1.165) is 32.2 Å². The first-order chi connectivity index (χ1) is 11.3. The molecule has 2 unspecified atom stereocenters. The van der Waals surface area contributed by atoms with Crippen LogP contribution in [-0.4, -0.2) is 43.6 Å². The van der Waals surface area contributed by atoms with Gasteiger partial charge in [-0.15, -0.1) is 24.8 Å². The molecule has 0 saturated heterocycles. The molecule has 1 saturated carbocycles. The second kappa shape index (κ2) is 11.2. The molecule has 1 aliphatic carbocycles. The lowest BCUT2D eigenvalue weighted by atomic mass is 9.74. The smallest absolute Gasteiger partial charge is 0.229 e. The zero-order chi connectivity index (χ0) is 17.7. The molecule has 1 aliphatic rings. The number of carbonyl (C=O) groups is 1. The highest BCUT2D eigenvalue weighted by Gasteiger charge is 2.37. The number of anilines is 1. The highest BCUT2D eigenvalue weighted by Crippen LogP contribution is 2.33. The Morgan fingerprint density at radius 3 is 2.65 bits per heavy atom. The van der Waals surface area contributed by atoms with Crippen LogP contribution in [0.15, 0.2) is 18.2 Å². The minimum absolute atomic E-state index is 0. The van der Waals surface area contributed by atoms with E-state index in [1.165, 1.54) is 0 Å². The van der Waals surface area contributed by atoms with Crippen LogP contribution in [0, 0.1) is 5.92 Å². The van der Waals surface area contributed by atoms with Crippen LogP contribution in [0.4, 0.5) is 5.69 Å². The third-order valence-corrected chi connectivity index (χ3v) is 4.86. The fraction of sp³-hybridized carbons (Fsp3) is 0.611. The number of likely N-dealkylation sites (N-methyl/N-ethyl adjacent to an activating group) is 1. The molecule has 1 aromatic carbocycles. The van der Waals surface area contributed by atoms with E-state index in [1.807, 2.05) is 32.0 Å². The Kier molecular flexibility index (Phi) is 10.9. The van der Waals surface area contributed by atoms with E-state index < -0.39 is 5.54 Å². The molecule has 150 valence electrons. The van der Waals surface area contributed by atoms with Gasteiger partial charge in [0.15, 0.2) is 0 Å². The standard InChI is InChI=1S/C18H28ClN3O2.2ClH/c1-18(20)9-5-4-6-14(18)17(23)21-13-7-8-16(15(19)12-13)24-11-10-22(2)3;;/h7-8,12,14H,4-6,9-11,20H2,1-3H3,(H,21,23);2*1H. The van der Waals surface area contributed by atoms with Crippen molar-refractivity contribution in [1.82, 2.24) is 4.90 Å². The molecule has 0 radical (unpaired) electrons. The predicted molar refractivity (Wildman–Crippen MR) is 113 cm³/mol. The SMILES string of the molecule is CN(C)CCOc1ccc(NC(=O)C2CCCCC2(C)N)cc1Cl.Cl.Cl. The molecule has 0 heterocycles. The molecule has 0 aromatic heterocycles. The topological polar surface area (TPSA) is 67.6 Å². The summed E-state index contributed by atoms with van der Waals surface area (Å²) in [7, 11) is 3.97. The van der Waals surface area contributed by atoms with Crippen LogP contribution in [0.1, 0.15) is 32.6 Å². The largest absolute Gasteiger partial charge is 0.491 e. The quantitative estimate of drug-likeness (QED) is 0.722. The fourth-order valence-corrected chi connectivity index (χ4v) is 3.29. The van der Waals surface area contributed by atoms with Crippen LogP contribution in [0.3, 0.4) is 0 Å². The molecular weight excluding hydrogens is 397 g/mol. The van der Waals surface area contributed by atoms with E-state index in [2.05, 4.69) is 5.32 Å². The van der Waals surface area contributed by atoms with Crippen molar-refractivity contribution in [1.29, 1.82) is 0 Å². The molecule has 26 heavy (non-hydrogen) atoms. The number of benzene rings is 1. The van der Waals surface area contributed by atoms with Crippen molar-refractivity contribution in [2.45, 2.75) is 38.1 Å². The van der Waals surface area contributed by atoms with E-state index >= 15 is 0 Å². The Morgan fingerprint density at radius 2 is 2.08 bits per heavy atom. The first-order valence-corrected chi connectivity index (χ1v) is 8.84. The second-order valence-electron chi connectivity index (χ2n) is 7.09. The maximum Gasteiger partial charge on any atom is 0.229 e. The van der Waals surface area contributed by atoms with Gasteiger partial charge in [-0.2, -0.15) is 0 Å². The summed E-state index contributed by atoms with van der Waals surface area (Å²) < 4.78 is 5.65. The zero-order valence-electron chi connectivity index (χ0n) is 15.6. The number of ether oxygens (including phenoxy) is 1. The summed E-state index contributed by atoms with van der Waals surface area (Å²) in [5, 5.41) is 3.43. The lowest BCUT2D eigenvalue weighted by molar-refractivity contribution is -0.122. The molecule has 2 rings (SSSR count). The van der Waals surface area contributed by atoms with Crippen LogP contribution in [0.25, 0.3) is 0 Å². The Morgan fingerprint density at radius 1 is 1.38 bits per heavy atom. The Bertz CT molecular complexity index is 583. The van der Waals surface area contributed by atoms with Crippen molar-refractivity contribution in [3.05, 3.63) is 23.2 Å². The van der Waals surface area contributed by atoms with Crippen LogP contribution < -0.4 is 15.8 Å². The number of nitrogens with zero attached hydrogens (tertiary/aromatic N) is 1. The van der Waals surface area contributed by atoms with Crippen LogP contribution in [0.5, 0.6) is 5.75 Å². The average Bonchev–Trinajstić information content (AvgIpc) is 2.48. The van der Waals surface area contributed by atoms with Crippen molar-refractivity contribution in [3.63, 3.8) is 0 Å². The van der Waals surface area contributed by atoms with E-state index in [1.54, 1.807) is 12.1 Å². The van der Waals surface area contributed by atoms with Crippen molar-refractivity contribution in [2.24, 2.45) is 11.7 Å². The summed E-state index contributed by atoms with van der Waals surface area (Å²) in [6.07, 6.45) is 3.84. The van der Waals surface area contributed by atoms with Gasteiger partial charge in [-0.3, -0.25) is 4.79 Å². The van der Waals surface area contributed by atoms with Gasteiger partial charge >= 0.3 is 0 Å². The van der Waals surface area contributed by atoms with Crippen molar-refractivity contribution in [3.8, 4) is 5.75 Å². The molecule has 0 bridgehead atoms. The first-order valence-electron chi connectivity index (χ1n) is 8.46. The molecule has 1 aromatic rings. The Balaban J connectivity index is 0.00000312. The number of rotatable bonds is 6. The van der Waals surface area contributed by atoms with Crippen molar-refractivity contribution in [2.75, 3.05) is 32.6 Å². The van der Waals surface area contributed by atoms with Gasteiger partial charge in [-0.1, -0.05) is 24.4 Å². The molecule has 0 spiro atoms. The first kappa shape index (κ1) is 25.3. The maximum atomic E-state index is 12.6. The van der Waals surface area contributed by atoms with Gasteiger partial charge in [-0.05, 0) is 52.1 Å². The summed E-state index contributed by atoms with van der Waals surface area (Å²) in [5.74, 6) is 0.427. The monoisotopic (exact) mass is 425 g/mol. The summed E-state index contributed by atoms with van der Waals surface area (Å²) in [6, 6.07) is 5.32. The van der Waals surface area contributed by atoms with Crippen LogP contribution in [0.2, 0.25) is 5.02 Å². The fourth-order valence-electron chi connectivity index (χ4n) is 3.05. The third kappa shape index (κ3) is 7.12. The van der Waals surface area contributed by atoms with E-state index in [4.69, 9.17) is 22.1 Å². The van der Waals surface area contributed by atoms with E-state index in [0.29, 0.717) is 23.1 Å². The van der Waals surface area contributed by atoms with E-state index in [9.17, 15) is 4.79 Å². The van der Waals surface area contributed by atoms with Crippen molar-refractivity contribution >= 4 is 48.0 Å². The van der Waals surface area contributed by atoms with Gasteiger partial charge < -0.3 is 20.7 Å². The summed E-state index contributed by atoms with van der Waals surface area (Å²) in [4.78, 5) is 14.6. The molecule has 5 nitrogen and oxygen atoms in total. The van der Waals surface area contributed by atoms with Gasteiger partial charge in [0.1, 0.15) is 12.4 Å². The maximum absolute atomic E-state index is 12.6. The molecule has 1 amide bonds.